The predicted octanol–water partition coefficient (Wildman–Crippen LogP) is 2.88. The van der Waals surface area contributed by atoms with Gasteiger partial charge in [0.2, 0.25) is 11.1 Å². The van der Waals surface area contributed by atoms with Crippen LogP contribution in [0.2, 0.25) is 10.2 Å². The Balaban J connectivity index is 1.91. The summed E-state index contributed by atoms with van der Waals surface area (Å²) < 4.78 is 28.4. The maximum absolute atomic E-state index is 13.3. The number of halogens is 2. The highest BCUT2D eigenvalue weighted by Gasteiger charge is 2.41. The molecule has 0 saturated carbocycles. The second kappa shape index (κ2) is 10.5. The molecule has 35 heavy (non-hydrogen) atoms. The van der Waals surface area contributed by atoms with Gasteiger partial charge in [-0.15, -0.1) is 0 Å². The fourth-order valence-electron chi connectivity index (χ4n) is 4.30. The molecule has 1 aliphatic rings. The van der Waals surface area contributed by atoms with Gasteiger partial charge < -0.3 is 38.7 Å². The van der Waals surface area contributed by atoms with Gasteiger partial charge in [-0.25, -0.2) is 0 Å². The first kappa shape index (κ1) is 25.9. The van der Waals surface area contributed by atoms with Crippen LogP contribution < -0.4 is 5.43 Å². The molecule has 0 radical (unpaired) electrons. The van der Waals surface area contributed by atoms with Crippen LogP contribution in [-0.4, -0.2) is 72.6 Å². The molecule has 1 aromatic carbocycles. The molecule has 10 nitrogen and oxygen atoms in total. The second-order valence-corrected chi connectivity index (χ2v) is 8.97. The monoisotopic (exact) mass is 529 g/mol. The highest BCUT2D eigenvalue weighted by molar-refractivity contribution is 6.33. The lowest BCUT2D eigenvalue weighted by atomic mass is 9.88. The lowest BCUT2D eigenvalue weighted by Crippen LogP contribution is -2.48. The van der Waals surface area contributed by atoms with Crippen molar-refractivity contribution < 1.29 is 38.7 Å². The van der Waals surface area contributed by atoms with E-state index in [4.69, 9.17) is 46.6 Å². The van der Waals surface area contributed by atoms with E-state index in [-0.39, 0.29) is 52.4 Å². The van der Waals surface area contributed by atoms with Gasteiger partial charge in [-0.3, -0.25) is 9.36 Å². The summed E-state index contributed by atoms with van der Waals surface area (Å²) in [6, 6.07) is 1.91. The summed E-state index contributed by atoms with van der Waals surface area (Å²) in [4.78, 5) is 13.3. The number of hydrogen-bond donors (Lipinski definition) is 3. The van der Waals surface area contributed by atoms with Gasteiger partial charge in [0.05, 0.1) is 23.1 Å². The molecule has 0 spiro atoms. The Morgan fingerprint density at radius 3 is 2.51 bits per heavy atom. The van der Waals surface area contributed by atoms with Crippen LogP contribution in [-0.2, 0) is 18.9 Å². The maximum atomic E-state index is 13.3. The number of nitrogens with zero attached hydrogens (tertiary/aromatic N) is 1. The minimum absolute atomic E-state index is 0.00292. The van der Waals surface area contributed by atoms with Crippen LogP contribution in [0.15, 0.2) is 33.0 Å². The first-order valence-corrected chi connectivity index (χ1v) is 11.4. The number of ether oxygens (including phenoxy) is 4. The van der Waals surface area contributed by atoms with Crippen LogP contribution in [0.4, 0.5) is 0 Å². The number of phenolic OH excluding ortho intramolecular Hbond substituents is 1. The fraction of sp³-hybridized carbons (Fsp3) is 0.435. The summed E-state index contributed by atoms with van der Waals surface area (Å²) in [6.45, 7) is 1.58. The number of fused-ring (bicyclic) bond motifs is 2. The van der Waals surface area contributed by atoms with Gasteiger partial charge in [0.1, 0.15) is 53.8 Å². The first-order chi connectivity index (χ1) is 16.7. The van der Waals surface area contributed by atoms with E-state index in [1.54, 1.807) is 13.0 Å². The molecule has 0 bridgehead atoms. The SMILES string of the molecule is COCOCC1=C[C@@H](n2c(Cl)cc3c(=O)c4c(O)c(Cl)cc(C)c4oc32)[C@H](O)[C@@H](O)[C@@H]1OCOC. The zero-order valence-corrected chi connectivity index (χ0v) is 20.7. The van der Waals surface area contributed by atoms with Crippen molar-refractivity contribution in [1.82, 2.24) is 4.57 Å². The number of aromatic nitrogens is 1. The second-order valence-electron chi connectivity index (χ2n) is 8.18. The lowest BCUT2D eigenvalue weighted by Gasteiger charge is -2.37. The molecule has 0 saturated heterocycles. The zero-order valence-electron chi connectivity index (χ0n) is 19.2. The minimum Gasteiger partial charge on any atom is -0.505 e. The van der Waals surface area contributed by atoms with Crippen molar-refractivity contribution in [3.63, 3.8) is 0 Å². The summed E-state index contributed by atoms with van der Waals surface area (Å²) in [7, 11) is 2.91. The molecule has 0 amide bonds. The number of aliphatic hydroxyl groups excluding tert-OH is 2. The first-order valence-electron chi connectivity index (χ1n) is 10.6. The third-order valence-corrected chi connectivity index (χ3v) is 6.48. The van der Waals surface area contributed by atoms with Gasteiger partial charge >= 0.3 is 0 Å². The molecule has 3 aromatic rings. The van der Waals surface area contributed by atoms with Gasteiger partial charge in [-0.2, -0.15) is 0 Å². The molecule has 190 valence electrons. The normalized spacial score (nSPS) is 22.8. The van der Waals surface area contributed by atoms with E-state index in [0.717, 1.165) is 0 Å². The average Bonchev–Trinajstić information content (AvgIpc) is 3.15. The molecular weight excluding hydrogens is 505 g/mol. The molecule has 4 rings (SSSR count). The van der Waals surface area contributed by atoms with E-state index in [9.17, 15) is 20.1 Å². The number of aryl methyl sites for hydroxylation is 1. The maximum Gasteiger partial charge on any atom is 0.213 e. The van der Waals surface area contributed by atoms with Crippen LogP contribution in [0, 0.1) is 6.92 Å². The quantitative estimate of drug-likeness (QED) is 0.229. The van der Waals surface area contributed by atoms with E-state index in [1.165, 1.54) is 30.9 Å². The third kappa shape index (κ3) is 4.56. The summed E-state index contributed by atoms with van der Waals surface area (Å²) in [5.41, 5.74) is 0.666. The number of phenols is 1. The van der Waals surface area contributed by atoms with Crippen LogP contribution >= 0.6 is 23.2 Å². The zero-order chi connectivity index (χ0) is 25.4. The smallest absolute Gasteiger partial charge is 0.213 e. The van der Waals surface area contributed by atoms with Gasteiger partial charge in [0, 0.05) is 14.2 Å². The molecule has 0 unspecified atom stereocenters. The predicted molar refractivity (Wildman–Crippen MR) is 128 cm³/mol. The third-order valence-electron chi connectivity index (χ3n) is 5.90. The van der Waals surface area contributed by atoms with E-state index >= 15 is 0 Å². The van der Waals surface area contributed by atoms with Gasteiger partial charge in [-0.1, -0.05) is 29.3 Å². The number of benzene rings is 1. The Morgan fingerprint density at radius 2 is 1.83 bits per heavy atom. The molecule has 0 fully saturated rings. The Labute approximate surface area is 209 Å². The van der Waals surface area contributed by atoms with Gasteiger partial charge in [0.15, 0.2) is 0 Å². The van der Waals surface area contributed by atoms with Crippen LogP contribution in [0.1, 0.15) is 11.6 Å². The van der Waals surface area contributed by atoms with E-state index < -0.39 is 35.5 Å². The summed E-state index contributed by atoms with van der Waals surface area (Å²) in [6.07, 6.45) is -2.06. The minimum atomic E-state index is -1.39. The average molecular weight is 530 g/mol. The molecule has 0 aliphatic heterocycles. The number of rotatable bonds is 8. The summed E-state index contributed by atoms with van der Waals surface area (Å²) in [5, 5.41) is 32.4. The largest absolute Gasteiger partial charge is 0.505 e. The van der Waals surface area contributed by atoms with Crippen LogP contribution in [0.5, 0.6) is 5.75 Å². The Kier molecular flexibility index (Phi) is 7.74. The highest BCUT2D eigenvalue weighted by atomic mass is 35.5. The number of methoxy groups -OCH3 is 2. The van der Waals surface area contributed by atoms with Crippen molar-refractivity contribution in [3.05, 3.63) is 49.7 Å². The number of hydrogen-bond acceptors (Lipinski definition) is 9. The molecule has 12 heteroatoms. The molecule has 3 N–H and O–H groups in total. The highest BCUT2D eigenvalue weighted by Crippen LogP contribution is 2.39. The summed E-state index contributed by atoms with van der Waals surface area (Å²) in [5.74, 6) is -0.393. The molecular formula is C23H25Cl2NO9. The van der Waals surface area contributed by atoms with Crippen molar-refractivity contribution >= 4 is 45.3 Å². The topological polar surface area (TPSA) is 133 Å². The van der Waals surface area contributed by atoms with Crippen LogP contribution in [0.3, 0.4) is 0 Å². The number of aliphatic hydroxyl groups is 2. The molecule has 2 aromatic heterocycles. The lowest BCUT2D eigenvalue weighted by molar-refractivity contribution is -0.139. The van der Waals surface area contributed by atoms with Crippen molar-refractivity contribution in [3.8, 4) is 5.75 Å². The van der Waals surface area contributed by atoms with Crippen LogP contribution in [0.25, 0.3) is 22.1 Å². The number of aromatic hydroxyl groups is 1. The fourth-order valence-corrected chi connectivity index (χ4v) is 4.86. The van der Waals surface area contributed by atoms with Gasteiger partial charge in [0.25, 0.3) is 0 Å². The van der Waals surface area contributed by atoms with Crippen molar-refractivity contribution in [2.75, 3.05) is 34.4 Å². The molecule has 2 heterocycles. The van der Waals surface area contributed by atoms with Crippen molar-refractivity contribution in [2.24, 2.45) is 0 Å². The summed E-state index contributed by atoms with van der Waals surface area (Å²) >= 11 is 12.6. The Hall–Kier alpha value is -2.15. The van der Waals surface area contributed by atoms with Gasteiger partial charge in [-0.05, 0) is 30.2 Å². The Bertz CT molecular complexity index is 1330. The van der Waals surface area contributed by atoms with E-state index in [2.05, 4.69) is 0 Å². The van der Waals surface area contributed by atoms with E-state index in [0.29, 0.717) is 11.1 Å². The molecule has 4 atom stereocenters. The van der Waals surface area contributed by atoms with Crippen molar-refractivity contribution in [2.45, 2.75) is 31.3 Å². The van der Waals surface area contributed by atoms with Crippen molar-refractivity contribution in [1.29, 1.82) is 0 Å². The Morgan fingerprint density at radius 1 is 1.11 bits per heavy atom. The molecule has 1 aliphatic carbocycles. The van der Waals surface area contributed by atoms with E-state index in [1.807, 2.05) is 0 Å². The standard InChI is InChI=1S/C23H25Cl2NO9/c1-10-4-13(24)18(28)16-17(27)12-6-15(25)26(23(12)35-21(10)16)14-5-11(7-33-8-31-2)22(34-9-32-3)20(30)19(14)29/h4-6,14,19-20,22,28-30H,7-9H2,1-3H3/t14-,19+,20-,22-/m1/s1.